The Labute approximate surface area is 453 Å². The Kier molecular flexibility index (Phi) is 32.2. The van der Waals surface area contributed by atoms with Crippen molar-refractivity contribution in [3.63, 3.8) is 0 Å². The number of ether oxygens (including phenoxy) is 7. The second-order valence-corrected chi connectivity index (χ2v) is 24.6. The molecule has 0 saturated heterocycles. The molecule has 0 N–H and O–H groups in total. The van der Waals surface area contributed by atoms with Crippen LogP contribution in [-0.4, -0.2) is 114 Å². The summed E-state index contributed by atoms with van der Waals surface area (Å²) < 4.78 is 41.1. The first kappa shape index (κ1) is 64.3. The lowest BCUT2D eigenvalue weighted by atomic mass is 9.86. The van der Waals surface area contributed by atoms with Gasteiger partial charge in [-0.2, -0.15) is 0 Å². The molecule has 4 fully saturated rings. The standard InChI is InChI=1S/C61H105NO13/c1-60(43-69-42-20-29-49-21-9-5-10-22-49,45-72-56(65)38-35-50-23-11-6-12-24-50)44-70-54(63)32-17-30-53(75-59(68)34-19-41-62(3)4)31-18-33-55(64)71-46-61(2,47-73-57(66)39-36-51-25-13-7-14-26-51)48-74-58(67)40-37-52-27-15-8-16-28-52/h49-53H,5-48H2,1-4H3. The minimum absolute atomic E-state index is 0.0432. The molecule has 0 spiro atoms. The maximum Gasteiger partial charge on any atom is 0.306 e. The quantitative estimate of drug-likeness (QED) is 0.0325. The molecular formula is C61H105NO13. The number of nitrogens with zero attached hydrogens (tertiary/aromatic N) is 1. The van der Waals surface area contributed by atoms with Gasteiger partial charge in [-0.25, -0.2) is 0 Å². The summed E-state index contributed by atoms with van der Waals surface area (Å²) in [5, 5.41) is 0. The fraction of sp³-hybridized carbons (Fsp3) is 0.902. The average molecular weight is 1060 g/mol. The molecule has 0 aromatic heterocycles. The Morgan fingerprint density at radius 3 is 1.08 bits per heavy atom. The fourth-order valence-corrected chi connectivity index (χ4v) is 11.5. The first-order valence-corrected chi connectivity index (χ1v) is 30.4. The number of esters is 6. The van der Waals surface area contributed by atoms with Crippen LogP contribution >= 0.6 is 0 Å². The van der Waals surface area contributed by atoms with Crippen molar-refractivity contribution in [2.75, 3.05) is 66.9 Å². The van der Waals surface area contributed by atoms with Crippen LogP contribution in [0.3, 0.4) is 0 Å². The van der Waals surface area contributed by atoms with E-state index in [1.807, 2.05) is 32.8 Å². The summed E-state index contributed by atoms with van der Waals surface area (Å²) >= 11 is 0. The van der Waals surface area contributed by atoms with Gasteiger partial charge in [-0.1, -0.05) is 135 Å². The summed E-state index contributed by atoms with van der Waals surface area (Å²) in [6, 6.07) is 0. The zero-order valence-corrected chi connectivity index (χ0v) is 47.8. The molecule has 2 atom stereocenters. The van der Waals surface area contributed by atoms with Gasteiger partial charge in [-0.3, -0.25) is 28.8 Å². The molecule has 14 heteroatoms. The molecule has 0 heterocycles. The van der Waals surface area contributed by atoms with Gasteiger partial charge in [0.15, 0.2) is 0 Å². The number of hydrogen-bond donors (Lipinski definition) is 0. The maximum absolute atomic E-state index is 13.3. The summed E-state index contributed by atoms with van der Waals surface area (Å²) in [6.45, 7) is 5.34. The third kappa shape index (κ3) is 30.5. The van der Waals surface area contributed by atoms with E-state index in [1.165, 1.54) is 103 Å². The summed E-state index contributed by atoms with van der Waals surface area (Å²) in [4.78, 5) is 80.3. The molecule has 2 unspecified atom stereocenters. The van der Waals surface area contributed by atoms with E-state index in [-0.39, 0.29) is 76.2 Å². The lowest BCUT2D eigenvalue weighted by Gasteiger charge is -2.29. The zero-order valence-electron chi connectivity index (χ0n) is 47.8. The van der Waals surface area contributed by atoms with Gasteiger partial charge in [0, 0.05) is 45.1 Å². The highest BCUT2D eigenvalue weighted by molar-refractivity contribution is 5.71. The van der Waals surface area contributed by atoms with Gasteiger partial charge < -0.3 is 38.1 Å². The summed E-state index contributed by atoms with van der Waals surface area (Å²) in [6.07, 6.45) is 32.2. The Morgan fingerprint density at radius 1 is 0.400 bits per heavy atom. The van der Waals surface area contributed by atoms with Crippen molar-refractivity contribution in [1.29, 1.82) is 0 Å². The Balaban J connectivity index is 1.26. The molecule has 432 valence electrons. The van der Waals surface area contributed by atoms with Crippen LogP contribution in [0.15, 0.2) is 0 Å². The summed E-state index contributed by atoms with van der Waals surface area (Å²) in [5.41, 5.74) is -1.65. The molecule has 0 bridgehead atoms. The van der Waals surface area contributed by atoms with Crippen molar-refractivity contribution >= 4 is 35.8 Å². The maximum atomic E-state index is 13.3. The molecule has 0 amide bonds. The van der Waals surface area contributed by atoms with Gasteiger partial charge in [-0.15, -0.1) is 0 Å². The number of carbonyl (C=O) groups excluding carboxylic acids is 6. The van der Waals surface area contributed by atoms with Crippen LogP contribution in [0.4, 0.5) is 0 Å². The molecule has 14 nitrogen and oxygen atoms in total. The molecule has 4 aliphatic carbocycles. The highest BCUT2D eigenvalue weighted by Gasteiger charge is 2.33. The highest BCUT2D eigenvalue weighted by Crippen LogP contribution is 2.32. The van der Waals surface area contributed by atoms with Gasteiger partial charge >= 0.3 is 35.8 Å². The van der Waals surface area contributed by atoms with Crippen LogP contribution < -0.4 is 0 Å². The number of rotatable bonds is 38. The number of hydrogen-bond acceptors (Lipinski definition) is 14. The van der Waals surface area contributed by atoms with E-state index in [4.69, 9.17) is 33.2 Å². The Hall–Kier alpha value is -3.26. The molecule has 0 aromatic rings. The van der Waals surface area contributed by atoms with Crippen molar-refractivity contribution in [3.05, 3.63) is 0 Å². The third-order valence-electron chi connectivity index (χ3n) is 16.5. The summed E-state index contributed by atoms with van der Waals surface area (Å²) in [5.74, 6) is 0.434. The van der Waals surface area contributed by atoms with Gasteiger partial charge in [0.05, 0.1) is 17.4 Å². The zero-order chi connectivity index (χ0) is 54.0. The second-order valence-electron chi connectivity index (χ2n) is 24.6. The first-order chi connectivity index (χ1) is 36.2. The molecule has 0 aromatic carbocycles. The van der Waals surface area contributed by atoms with Crippen LogP contribution in [-0.2, 0) is 61.9 Å². The van der Waals surface area contributed by atoms with E-state index < -0.39 is 28.9 Å². The predicted molar refractivity (Wildman–Crippen MR) is 290 cm³/mol. The largest absolute Gasteiger partial charge is 0.465 e. The van der Waals surface area contributed by atoms with E-state index in [0.29, 0.717) is 82.3 Å². The predicted octanol–water partition coefficient (Wildman–Crippen LogP) is 12.8. The van der Waals surface area contributed by atoms with Gasteiger partial charge in [-0.05, 0) is 115 Å². The smallest absolute Gasteiger partial charge is 0.306 e. The topological polar surface area (TPSA) is 170 Å². The molecule has 4 rings (SSSR count). The first-order valence-electron chi connectivity index (χ1n) is 30.4. The molecule has 4 saturated carbocycles. The van der Waals surface area contributed by atoms with E-state index in [9.17, 15) is 28.8 Å². The molecule has 4 aliphatic rings. The van der Waals surface area contributed by atoms with E-state index in [1.54, 1.807) is 0 Å². The Morgan fingerprint density at radius 2 is 0.720 bits per heavy atom. The SMILES string of the molecule is CN(C)CCCC(=O)OC(CCCC(=O)OCC(C)(COCCCC1CCCCC1)COC(=O)CCC1CCCCC1)CCCC(=O)OCC(C)(COC(=O)CCC1CCCCC1)COC(=O)CCC1CCCCC1. The molecule has 0 aliphatic heterocycles. The third-order valence-corrected chi connectivity index (χ3v) is 16.5. The van der Waals surface area contributed by atoms with Gasteiger partial charge in [0.25, 0.3) is 0 Å². The second kappa shape index (κ2) is 37.5. The van der Waals surface area contributed by atoms with Crippen molar-refractivity contribution in [2.45, 2.75) is 251 Å². The molecular weight excluding hydrogens is 955 g/mol. The lowest BCUT2D eigenvalue weighted by molar-refractivity contribution is -0.161. The van der Waals surface area contributed by atoms with Crippen molar-refractivity contribution < 1.29 is 61.9 Å². The van der Waals surface area contributed by atoms with E-state index in [0.717, 1.165) is 70.3 Å². The van der Waals surface area contributed by atoms with Gasteiger partial charge in [0.1, 0.15) is 39.1 Å². The van der Waals surface area contributed by atoms with Crippen LogP contribution in [0, 0.1) is 34.5 Å². The lowest BCUT2D eigenvalue weighted by Crippen LogP contribution is -2.37. The molecule has 75 heavy (non-hydrogen) atoms. The van der Waals surface area contributed by atoms with Crippen molar-refractivity contribution in [3.8, 4) is 0 Å². The van der Waals surface area contributed by atoms with E-state index in [2.05, 4.69) is 0 Å². The minimum Gasteiger partial charge on any atom is -0.465 e. The van der Waals surface area contributed by atoms with Crippen LogP contribution in [0.2, 0.25) is 0 Å². The normalized spacial score (nSPS) is 18.7. The monoisotopic (exact) mass is 1060 g/mol. The van der Waals surface area contributed by atoms with Crippen LogP contribution in [0.1, 0.15) is 245 Å². The molecule has 0 radical (unpaired) electrons. The van der Waals surface area contributed by atoms with Gasteiger partial charge in [0.2, 0.25) is 0 Å². The number of carbonyl (C=O) groups is 6. The highest BCUT2D eigenvalue weighted by atomic mass is 16.6. The Bertz CT molecular complexity index is 1570. The van der Waals surface area contributed by atoms with E-state index >= 15 is 0 Å². The van der Waals surface area contributed by atoms with Crippen molar-refractivity contribution in [1.82, 2.24) is 4.90 Å². The average Bonchev–Trinajstić information content (AvgIpc) is 3.41. The summed E-state index contributed by atoms with van der Waals surface area (Å²) in [7, 11) is 3.90. The fourth-order valence-electron chi connectivity index (χ4n) is 11.5. The van der Waals surface area contributed by atoms with Crippen LogP contribution in [0.5, 0.6) is 0 Å². The van der Waals surface area contributed by atoms with Crippen LogP contribution in [0.25, 0.3) is 0 Å². The minimum atomic E-state index is -0.937. The van der Waals surface area contributed by atoms with Crippen molar-refractivity contribution in [2.24, 2.45) is 34.5 Å².